The third-order valence-electron chi connectivity index (χ3n) is 3.25. The molecule has 0 bridgehead atoms. The highest BCUT2D eigenvalue weighted by Crippen LogP contribution is 2.27. The SMILES string of the molecule is COc1cc(C)ccc1OCCNC(=O)Cc1cccc(F)c1. The van der Waals surface area contributed by atoms with Gasteiger partial charge in [-0.25, -0.2) is 4.39 Å². The van der Waals surface area contributed by atoms with Gasteiger partial charge in [0, 0.05) is 0 Å². The predicted molar refractivity (Wildman–Crippen MR) is 86.3 cm³/mol. The molecule has 1 amide bonds. The Morgan fingerprint density at radius 3 is 2.74 bits per heavy atom. The van der Waals surface area contributed by atoms with E-state index >= 15 is 0 Å². The molecule has 0 heterocycles. The molecule has 2 rings (SSSR count). The van der Waals surface area contributed by atoms with Crippen LogP contribution in [-0.2, 0) is 11.2 Å². The van der Waals surface area contributed by atoms with Crippen LogP contribution in [0.2, 0.25) is 0 Å². The number of halogens is 1. The van der Waals surface area contributed by atoms with E-state index in [0.29, 0.717) is 30.2 Å². The second kappa shape index (κ2) is 8.17. The average Bonchev–Trinajstić information content (AvgIpc) is 2.52. The Balaban J connectivity index is 1.76. The first-order chi connectivity index (χ1) is 11.1. The van der Waals surface area contributed by atoms with Gasteiger partial charge in [-0.05, 0) is 42.3 Å². The number of carbonyl (C=O) groups is 1. The van der Waals surface area contributed by atoms with E-state index in [1.165, 1.54) is 12.1 Å². The van der Waals surface area contributed by atoms with E-state index in [-0.39, 0.29) is 18.1 Å². The van der Waals surface area contributed by atoms with Gasteiger partial charge in [0.15, 0.2) is 11.5 Å². The topological polar surface area (TPSA) is 47.6 Å². The maximum atomic E-state index is 13.0. The molecule has 2 aromatic carbocycles. The molecule has 0 unspecified atom stereocenters. The van der Waals surface area contributed by atoms with Gasteiger partial charge in [0.05, 0.1) is 20.1 Å². The Hall–Kier alpha value is -2.56. The molecule has 0 radical (unpaired) electrons. The van der Waals surface area contributed by atoms with Crippen LogP contribution in [-0.4, -0.2) is 26.2 Å². The van der Waals surface area contributed by atoms with Crippen molar-refractivity contribution < 1.29 is 18.7 Å². The van der Waals surface area contributed by atoms with Crippen molar-refractivity contribution in [3.05, 3.63) is 59.4 Å². The summed E-state index contributed by atoms with van der Waals surface area (Å²) >= 11 is 0. The molecular formula is C18H20FNO3. The third kappa shape index (κ3) is 5.29. The summed E-state index contributed by atoms with van der Waals surface area (Å²) in [4.78, 5) is 11.8. The molecule has 0 spiro atoms. The number of amides is 1. The van der Waals surface area contributed by atoms with Crippen molar-refractivity contribution in [1.29, 1.82) is 0 Å². The monoisotopic (exact) mass is 317 g/mol. The van der Waals surface area contributed by atoms with Gasteiger partial charge in [0.2, 0.25) is 5.91 Å². The minimum atomic E-state index is -0.343. The number of carbonyl (C=O) groups excluding carboxylic acids is 1. The van der Waals surface area contributed by atoms with Gasteiger partial charge in [-0.1, -0.05) is 18.2 Å². The molecule has 23 heavy (non-hydrogen) atoms. The van der Waals surface area contributed by atoms with Crippen molar-refractivity contribution in [2.45, 2.75) is 13.3 Å². The summed E-state index contributed by atoms with van der Waals surface area (Å²) < 4.78 is 23.9. The highest BCUT2D eigenvalue weighted by molar-refractivity contribution is 5.78. The standard InChI is InChI=1S/C18H20FNO3/c1-13-6-7-16(17(10-13)22-2)23-9-8-20-18(21)12-14-4-3-5-15(19)11-14/h3-7,10-11H,8-9,12H2,1-2H3,(H,20,21). The van der Waals surface area contributed by atoms with E-state index in [0.717, 1.165) is 5.56 Å². The zero-order valence-electron chi connectivity index (χ0n) is 13.3. The number of aryl methyl sites for hydroxylation is 1. The van der Waals surface area contributed by atoms with Crippen LogP contribution in [0.15, 0.2) is 42.5 Å². The number of methoxy groups -OCH3 is 1. The van der Waals surface area contributed by atoms with E-state index in [9.17, 15) is 9.18 Å². The lowest BCUT2D eigenvalue weighted by Crippen LogP contribution is -2.29. The Kier molecular flexibility index (Phi) is 5.97. The fourth-order valence-corrected chi connectivity index (χ4v) is 2.14. The quantitative estimate of drug-likeness (QED) is 0.799. The Morgan fingerprint density at radius 1 is 1.17 bits per heavy atom. The minimum Gasteiger partial charge on any atom is -0.493 e. The van der Waals surface area contributed by atoms with Gasteiger partial charge in [-0.3, -0.25) is 4.79 Å². The van der Waals surface area contributed by atoms with E-state index in [2.05, 4.69) is 5.32 Å². The maximum Gasteiger partial charge on any atom is 0.224 e. The van der Waals surface area contributed by atoms with Crippen molar-refractivity contribution >= 4 is 5.91 Å². The number of ether oxygens (including phenoxy) is 2. The molecule has 0 aromatic heterocycles. The first-order valence-corrected chi connectivity index (χ1v) is 7.37. The van der Waals surface area contributed by atoms with Crippen molar-refractivity contribution in [3.63, 3.8) is 0 Å². The van der Waals surface area contributed by atoms with Gasteiger partial charge in [-0.2, -0.15) is 0 Å². The van der Waals surface area contributed by atoms with Crippen LogP contribution in [0, 0.1) is 12.7 Å². The van der Waals surface area contributed by atoms with Crippen molar-refractivity contribution in [3.8, 4) is 11.5 Å². The highest BCUT2D eigenvalue weighted by atomic mass is 19.1. The lowest BCUT2D eigenvalue weighted by atomic mass is 10.1. The fraction of sp³-hybridized carbons (Fsp3) is 0.278. The largest absolute Gasteiger partial charge is 0.493 e. The maximum absolute atomic E-state index is 13.0. The average molecular weight is 317 g/mol. The molecular weight excluding hydrogens is 297 g/mol. The Labute approximate surface area is 135 Å². The second-order valence-electron chi connectivity index (χ2n) is 5.16. The molecule has 0 saturated heterocycles. The van der Waals surface area contributed by atoms with Gasteiger partial charge in [-0.15, -0.1) is 0 Å². The molecule has 2 aromatic rings. The van der Waals surface area contributed by atoms with Crippen LogP contribution in [0.1, 0.15) is 11.1 Å². The number of rotatable bonds is 7. The molecule has 0 aliphatic rings. The van der Waals surface area contributed by atoms with Crippen LogP contribution >= 0.6 is 0 Å². The van der Waals surface area contributed by atoms with Crippen LogP contribution in [0.25, 0.3) is 0 Å². The van der Waals surface area contributed by atoms with Gasteiger partial charge in [0.25, 0.3) is 0 Å². The lowest BCUT2D eigenvalue weighted by molar-refractivity contribution is -0.120. The highest BCUT2D eigenvalue weighted by Gasteiger charge is 2.06. The van der Waals surface area contributed by atoms with Crippen LogP contribution in [0.5, 0.6) is 11.5 Å². The molecule has 4 nitrogen and oxygen atoms in total. The van der Waals surface area contributed by atoms with Crippen molar-refractivity contribution in [2.75, 3.05) is 20.3 Å². The fourth-order valence-electron chi connectivity index (χ4n) is 2.14. The van der Waals surface area contributed by atoms with Crippen LogP contribution in [0.4, 0.5) is 4.39 Å². The number of hydrogen-bond acceptors (Lipinski definition) is 3. The molecule has 0 fully saturated rings. The minimum absolute atomic E-state index is 0.144. The van der Waals surface area contributed by atoms with E-state index < -0.39 is 0 Å². The summed E-state index contributed by atoms with van der Waals surface area (Å²) in [5, 5.41) is 2.74. The van der Waals surface area contributed by atoms with Gasteiger partial charge < -0.3 is 14.8 Å². The Bertz CT molecular complexity index is 673. The summed E-state index contributed by atoms with van der Waals surface area (Å²) in [6.45, 7) is 2.67. The first-order valence-electron chi connectivity index (χ1n) is 7.37. The predicted octanol–water partition coefficient (Wildman–Crippen LogP) is 2.88. The van der Waals surface area contributed by atoms with Crippen LogP contribution in [0.3, 0.4) is 0 Å². The normalized spacial score (nSPS) is 10.2. The summed E-state index contributed by atoms with van der Waals surface area (Å²) in [5.41, 5.74) is 1.72. The summed E-state index contributed by atoms with van der Waals surface area (Å²) in [6.07, 6.45) is 0.144. The molecule has 0 aliphatic heterocycles. The molecule has 1 N–H and O–H groups in total. The lowest BCUT2D eigenvalue weighted by Gasteiger charge is -2.11. The second-order valence-corrected chi connectivity index (χ2v) is 5.16. The summed E-state index contributed by atoms with van der Waals surface area (Å²) in [6, 6.07) is 11.7. The molecule has 0 aliphatic carbocycles. The zero-order valence-corrected chi connectivity index (χ0v) is 13.3. The summed E-state index contributed by atoms with van der Waals surface area (Å²) in [7, 11) is 1.59. The molecule has 5 heteroatoms. The van der Waals surface area contributed by atoms with E-state index in [1.807, 2.05) is 25.1 Å². The van der Waals surface area contributed by atoms with Gasteiger partial charge in [0.1, 0.15) is 12.4 Å². The van der Waals surface area contributed by atoms with E-state index in [1.54, 1.807) is 19.2 Å². The van der Waals surface area contributed by atoms with E-state index in [4.69, 9.17) is 9.47 Å². The van der Waals surface area contributed by atoms with Crippen LogP contribution < -0.4 is 14.8 Å². The van der Waals surface area contributed by atoms with Crippen molar-refractivity contribution in [1.82, 2.24) is 5.32 Å². The molecule has 0 saturated carbocycles. The number of benzene rings is 2. The molecule has 122 valence electrons. The zero-order chi connectivity index (χ0) is 16.7. The number of nitrogens with one attached hydrogen (secondary N) is 1. The molecule has 0 atom stereocenters. The van der Waals surface area contributed by atoms with Gasteiger partial charge >= 0.3 is 0 Å². The first kappa shape index (κ1) is 16.8. The Morgan fingerprint density at radius 2 is 2.00 bits per heavy atom. The smallest absolute Gasteiger partial charge is 0.224 e. The van der Waals surface area contributed by atoms with Crippen molar-refractivity contribution in [2.24, 2.45) is 0 Å². The number of hydrogen-bond donors (Lipinski definition) is 1. The third-order valence-corrected chi connectivity index (χ3v) is 3.25. The summed E-state index contributed by atoms with van der Waals surface area (Å²) in [5.74, 6) is 0.786.